The van der Waals surface area contributed by atoms with Crippen LogP contribution in [0.4, 0.5) is 10.1 Å². The molecule has 3 aliphatic rings. The zero-order valence-corrected chi connectivity index (χ0v) is 20.1. The lowest BCUT2D eigenvalue weighted by molar-refractivity contribution is 0.0666. The number of aromatic nitrogens is 1. The standard InChI is InChI=1S/C32H21FN2O3/c33-22-13-14-25-20(17-22)12-15-26-32(30(37)23-10-4-5-11-24(23)31(32)38)27(21-9-6-16-34-18-21)28(35(25)26)29(36)19-7-2-1-3-8-19/h1-18,26-28H/t26-,27+,28+/m1/s1. The summed E-state index contributed by atoms with van der Waals surface area (Å²) >= 11 is 0. The highest BCUT2D eigenvalue weighted by atomic mass is 19.1. The number of fused-ring (bicyclic) bond motifs is 5. The van der Waals surface area contributed by atoms with E-state index < -0.39 is 29.2 Å². The number of ketones is 3. The summed E-state index contributed by atoms with van der Waals surface area (Å²) in [7, 11) is 0. The predicted octanol–water partition coefficient (Wildman–Crippen LogP) is 5.54. The van der Waals surface area contributed by atoms with Gasteiger partial charge in [-0.25, -0.2) is 4.39 Å². The number of anilines is 1. The summed E-state index contributed by atoms with van der Waals surface area (Å²) < 4.78 is 14.3. The van der Waals surface area contributed by atoms with Crippen LogP contribution in [-0.4, -0.2) is 34.4 Å². The lowest BCUT2D eigenvalue weighted by atomic mass is 9.64. The minimum absolute atomic E-state index is 0.219. The molecule has 0 radical (unpaired) electrons. The Labute approximate surface area is 218 Å². The van der Waals surface area contributed by atoms with E-state index in [0.29, 0.717) is 33.5 Å². The van der Waals surface area contributed by atoms with Gasteiger partial charge >= 0.3 is 0 Å². The van der Waals surface area contributed by atoms with Gasteiger partial charge in [0, 0.05) is 46.3 Å². The van der Waals surface area contributed by atoms with Gasteiger partial charge < -0.3 is 4.90 Å². The molecule has 2 aliphatic heterocycles. The maximum absolute atomic E-state index is 14.5. The van der Waals surface area contributed by atoms with Gasteiger partial charge in [0.15, 0.2) is 17.3 Å². The first-order chi connectivity index (χ1) is 18.5. The monoisotopic (exact) mass is 500 g/mol. The Morgan fingerprint density at radius 1 is 0.868 bits per heavy atom. The lowest BCUT2D eigenvalue weighted by Gasteiger charge is -2.37. The van der Waals surface area contributed by atoms with Crippen molar-refractivity contribution in [2.75, 3.05) is 4.90 Å². The van der Waals surface area contributed by atoms with Crippen LogP contribution < -0.4 is 4.90 Å². The van der Waals surface area contributed by atoms with E-state index in [4.69, 9.17) is 0 Å². The highest BCUT2D eigenvalue weighted by Gasteiger charge is 2.71. The number of carbonyl (C=O) groups is 3. The van der Waals surface area contributed by atoms with Gasteiger partial charge in [-0.3, -0.25) is 19.4 Å². The van der Waals surface area contributed by atoms with Crippen molar-refractivity contribution in [2.24, 2.45) is 5.41 Å². The minimum Gasteiger partial charge on any atom is -0.352 e. The van der Waals surface area contributed by atoms with Gasteiger partial charge in [0.25, 0.3) is 0 Å². The summed E-state index contributed by atoms with van der Waals surface area (Å²) in [5.41, 5.74) is 1.41. The molecule has 3 atom stereocenters. The molecule has 1 aliphatic carbocycles. The van der Waals surface area contributed by atoms with Gasteiger partial charge in [-0.1, -0.05) is 72.8 Å². The largest absolute Gasteiger partial charge is 0.352 e. The summed E-state index contributed by atoms with van der Waals surface area (Å²) in [6.45, 7) is 0. The first kappa shape index (κ1) is 22.5. The van der Waals surface area contributed by atoms with Crippen LogP contribution in [0.1, 0.15) is 48.1 Å². The van der Waals surface area contributed by atoms with Crippen molar-refractivity contribution in [2.45, 2.75) is 18.0 Å². The fourth-order valence-corrected chi connectivity index (χ4v) is 6.65. The zero-order chi connectivity index (χ0) is 26.0. The van der Waals surface area contributed by atoms with Crippen molar-refractivity contribution in [1.29, 1.82) is 0 Å². The number of nitrogens with zero attached hydrogens (tertiary/aromatic N) is 2. The van der Waals surface area contributed by atoms with Crippen molar-refractivity contribution >= 4 is 29.1 Å². The van der Waals surface area contributed by atoms with E-state index in [9.17, 15) is 18.8 Å². The first-order valence-corrected chi connectivity index (χ1v) is 12.5. The Kier molecular flexibility index (Phi) is 4.82. The topological polar surface area (TPSA) is 67.3 Å². The van der Waals surface area contributed by atoms with Crippen LogP contribution in [0.15, 0.2) is 103 Å². The third kappa shape index (κ3) is 2.85. The molecular weight excluding hydrogens is 479 g/mol. The molecule has 3 aromatic carbocycles. The number of hydrogen-bond donors (Lipinski definition) is 0. The van der Waals surface area contributed by atoms with Crippen LogP contribution in [0.5, 0.6) is 0 Å². The molecule has 3 heterocycles. The number of Topliss-reactive ketones (excluding diaryl/α,β-unsaturated/α-hetero) is 3. The van der Waals surface area contributed by atoms with Crippen molar-refractivity contribution in [3.63, 3.8) is 0 Å². The van der Waals surface area contributed by atoms with Gasteiger partial charge in [0.05, 0.1) is 6.04 Å². The average Bonchev–Trinajstić information content (AvgIpc) is 3.39. The van der Waals surface area contributed by atoms with E-state index in [-0.39, 0.29) is 17.3 Å². The Balaban J connectivity index is 1.55. The second-order valence-corrected chi connectivity index (χ2v) is 9.93. The summed E-state index contributed by atoms with van der Waals surface area (Å²) in [6, 6.07) is 22.0. The van der Waals surface area contributed by atoms with E-state index in [2.05, 4.69) is 4.98 Å². The van der Waals surface area contributed by atoms with Crippen LogP contribution >= 0.6 is 0 Å². The third-order valence-corrected chi connectivity index (χ3v) is 8.14. The number of benzene rings is 3. The molecule has 0 bridgehead atoms. The highest BCUT2D eigenvalue weighted by Crippen LogP contribution is 2.60. The fourth-order valence-electron chi connectivity index (χ4n) is 6.65. The fraction of sp³-hybridized carbons (Fsp3) is 0.125. The van der Waals surface area contributed by atoms with Crippen molar-refractivity contribution < 1.29 is 18.8 Å². The van der Waals surface area contributed by atoms with Crippen LogP contribution in [-0.2, 0) is 0 Å². The van der Waals surface area contributed by atoms with Crippen LogP contribution in [0.3, 0.4) is 0 Å². The SMILES string of the molecule is O=C(c1ccccc1)[C@@H]1[C@H](c2cccnc2)C2(C(=O)c3ccccc3C2=O)[C@H]2C=Cc3cc(F)ccc3N12. The average molecular weight is 501 g/mol. The Bertz CT molecular complexity index is 1630. The molecule has 0 N–H and O–H groups in total. The van der Waals surface area contributed by atoms with E-state index in [1.165, 1.54) is 12.1 Å². The Morgan fingerprint density at radius 3 is 2.26 bits per heavy atom. The van der Waals surface area contributed by atoms with Crippen LogP contribution in [0.2, 0.25) is 0 Å². The molecular formula is C32H21FN2O3. The van der Waals surface area contributed by atoms with E-state index in [0.717, 1.165) is 0 Å². The van der Waals surface area contributed by atoms with Crippen molar-refractivity contribution in [3.05, 3.63) is 137 Å². The second kappa shape index (κ2) is 8.15. The minimum atomic E-state index is -1.59. The molecule has 0 saturated carbocycles. The smallest absolute Gasteiger partial charge is 0.185 e. The summed E-state index contributed by atoms with van der Waals surface area (Å²) in [4.78, 5) is 49.5. The third-order valence-electron chi connectivity index (χ3n) is 8.14. The first-order valence-electron chi connectivity index (χ1n) is 12.5. The van der Waals surface area contributed by atoms with Crippen molar-refractivity contribution in [3.8, 4) is 0 Å². The Hall–Kier alpha value is -4.71. The van der Waals surface area contributed by atoms with Crippen LogP contribution in [0, 0.1) is 11.2 Å². The molecule has 1 spiro atoms. The number of carbonyl (C=O) groups excluding carboxylic acids is 3. The van der Waals surface area contributed by atoms with E-state index in [1.54, 1.807) is 85.2 Å². The number of pyridine rings is 1. The molecule has 6 heteroatoms. The zero-order valence-electron chi connectivity index (χ0n) is 20.1. The molecule has 7 rings (SSSR count). The molecule has 4 aromatic rings. The number of halogens is 1. The van der Waals surface area contributed by atoms with Crippen LogP contribution in [0.25, 0.3) is 6.08 Å². The van der Waals surface area contributed by atoms with Crippen molar-refractivity contribution in [1.82, 2.24) is 4.98 Å². The molecule has 1 fully saturated rings. The predicted molar refractivity (Wildman–Crippen MR) is 141 cm³/mol. The molecule has 1 aromatic heterocycles. The normalized spacial score (nSPS) is 22.3. The maximum atomic E-state index is 14.5. The Morgan fingerprint density at radius 2 is 1.58 bits per heavy atom. The van der Waals surface area contributed by atoms with Gasteiger partial charge in [0.1, 0.15) is 17.3 Å². The van der Waals surface area contributed by atoms with Gasteiger partial charge in [-0.05, 0) is 29.8 Å². The van der Waals surface area contributed by atoms with E-state index in [1.807, 2.05) is 17.0 Å². The summed E-state index contributed by atoms with van der Waals surface area (Å²) in [5.74, 6) is -2.07. The molecule has 0 unspecified atom stereocenters. The molecule has 1 saturated heterocycles. The van der Waals surface area contributed by atoms with E-state index >= 15 is 0 Å². The molecule has 5 nitrogen and oxygen atoms in total. The summed E-state index contributed by atoms with van der Waals surface area (Å²) in [6.07, 6.45) is 6.79. The maximum Gasteiger partial charge on any atom is 0.185 e. The molecule has 184 valence electrons. The lowest BCUT2D eigenvalue weighted by Crippen LogP contribution is -2.48. The van der Waals surface area contributed by atoms with Gasteiger partial charge in [-0.2, -0.15) is 0 Å². The molecule has 0 amide bonds. The quantitative estimate of drug-likeness (QED) is 0.273. The highest BCUT2D eigenvalue weighted by molar-refractivity contribution is 6.32. The number of hydrogen-bond acceptors (Lipinski definition) is 5. The van der Waals surface area contributed by atoms with Gasteiger partial charge in [0.2, 0.25) is 0 Å². The second-order valence-electron chi connectivity index (χ2n) is 9.93. The summed E-state index contributed by atoms with van der Waals surface area (Å²) in [5, 5.41) is 0. The molecule has 38 heavy (non-hydrogen) atoms. The number of rotatable bonds is 3. The van der Waals surface area contributed by atoms with Gasteiger partial charge in [-0.15, -0.1) is 0 Å².